The van der Waals surface area contributed by atoms with Gasteiger partial charge < -0.3 is 10.4 Å². The Morgan fingerprint density at radius 3 is 2.56 bits per heavy atom. The molecule has 2 nitrogen and oxygen atoms in total. The lowest BCUT2D eigenvalue weighted by atomic mass is 9.85. The summed E-state index contributed by atoms with van der Waals surface area (Å²) in [6.07, 6.45) is 4.42. The minimum Gasteiger partial charge on any atom is -0.387 e. The van der Waals surface area contributed by atoms with Gasteiger partial charge in [-0.3, -0.25) is 0 Å². The monoisotopic (exact) mass is 247 g/mol. The lowest BCUT2D eigenvalue weighted by molar-refractivity contribution is 0.130. The maximum Gasteiger partial charge on any atom is 0.0943 e. The molecule has 1 aliphatic carbocycles. The van der Waals surface area contributed by atoms with Crippen molar-refractivity contribution in [2.45, 2.75) is 64.6 Å². The highest BCUT2D eigenvalue weighted by Gasteiger charge is 2.22. The van der Waals surface area contributed by atoms with Crippen molar-refractivity contribution in [2.75, 3.05) is 0 Å². The van der Waals surface area contributed by atoms with E-state index in [9.17, 15) is 5.11 Å². The fourth-order valence-corrected chi connectivity index (χ4v) is 2.97. The number of nitrogens with one attached hydrogen (secondary N) is 1. The van der Waals surface area contributed by atoms with Gasteiger partial charge in [-0.2, -0.15) is 0 Å². The second-order valence-corrected chi connectivity index (χ2v) is 5.75. The molecule has 0 radical (unpaired) electrons. The zero-order valence-electron chi connectivity index (χ0n) is 11.7. The van der Waals surface area contributed by atoms with E-state index in [2.05, 4.69) is 44.3 Å². The standard InChI is InChI=1S/C16H25NO/c1-11(2)17-12(3)16(18)15-10-6-8-13-7-4-5-9-14(13)15/h6,8,10-12,16-18H,4-5,7,9H2,1-3H3/t12-,16-/m1/s1. The van der Waals surface area contributed by atoms with Crippen molar-refractivity contribution in [2.24, 2.45) is 0 Å². The molecule has 0 heterocycles. The molecule has 0 spiro atoms. The van der Waals surface area contributed by atoms with Gasteiger partial charge in [-0.15, -0.1) is 0 Å². The summed E-state index contributed by atoms with van der Waals surface area (Å²) >= 11 is 0. The van der Waals surface area contributed by atoms with Crippen LogP contribution in [0.1, 0.15) is 56.4 Å². The molecule has 0 bridgehead atoms. The van der Waals surface area contributed by atoms with Gasteiger partial charge in [0.15, 0.2) is 0 Å². The number of rotatable bonds is 4. The van der Waals surface area contributed by atoms with E-state index in [4.69, 9.17) is 0 Å². The van der Waals surface area contributed by atoms with Gasteiger partial charge in [0, 0.05) is 12.1 Å². The van der Waals surface area contributed by atoms with Gasteiger partial charge in [-0.05, 0) is 49.3 Å². The van der Waals surface area contributed by atoms with E-state index in [0.717, 1.165) is 12.0 Å². The van der Waals surface area contributed by atoms with E-state index in [1.807, 2.05) is 0 Å². The van der Waals surface area contributed by atoms with Crippen LogP contribution in [0.4, 0.5) is 0 Å². The average Bonchev–Trinajstić information content (AvgIpc) is 2.36. The molecule has 2 N–H and O–H groups in total. The van der Waals surface area contributed by atoms with Gasteiger partial charge in [0.05, 0.1) is 6.10 Å². The van der Waals surface area contributed by atoms with Crippen molar-refractivity contribution in [1.29, 1.82) is 0 Å². The largest absolute Gasteiger partial charge is 0.387 e. The predicted molar refractivity (Wildman–Crippen MR) is 75.8 cm³/mol. The van der Waals surface area contributed by atoms with Crippen LogP contribution in [-0.2, 0) is 12.8 Å². The van der Waals surface area contributed by atoms with Crippen LogP contribution < -0.4 is 5.32 Å². The molecule has 0 saturated carbocycles. The zero-order valence-corrected chi connectivity index (χ0v) is 11.7. The Kier molecular flexibility index (Phi) is 4.41. The van der Waals surface area contributed by atoms with Gasteiger partial charge in [-0.25, -0.2) is 0 Å². The molecule has 1 aliphatic rings. The molecule has 0 saturated heterocycles. The topological polar surface area (TPSA) is 32.3 Å². The minimum atomic E-state index is -0.402. The Morgan fingerprint density at radius 2 is 1.83 bits per heavy atom. The molecule has 1 aromatic rings. The predicted octanol–water partition coefficient (Wildman–Crippen LogP) is 2.99. The Bertz CT molecular complexity index is 400. The molecule has 0 unspecified atom stereocenters. The van der Waals surface area contributed by atoms with Crippen LogP contribution >= 0.6 is 0 Å². The summed E-state index contributed by atoms with van der Waals surface area (Å²) < 4.78 is 0. The van der Waals surface area contributed by atoms with E-state index < -0.39 is 6.10 Å². The third-order valence-corrected chi connectivity index (χ3v) is 3.82. The zero-order chi connectivity index (χ0) is 13.1. The van der Waals surface area contributed by atoms with E-state index in [1.54, 1.807) is 0 Å². The first kappa shape index (κ1) is 13.6. The first-order valence-corrected chi connectivity index (χ1v) is 7.14. The molecule has 18 heavy (non-hydrogen) atoms. The van der Waals surface area contributed by atoms with Crippen LogP contribution in [0, 0.1) is 0 Å². The normalized spacial score (nSPS) is 18.5. The molecule has 0 amide bonds. The maximum atomic E-state index is 10.5. The van der Waals surface area contributed by atoms with Gasteiger partial charge in [0.2, 0.25) is 0 Å². The molecule has 1 aromatic carbocycles. The highest BCUT2D eigenvalue weighted by atomic mass is 16.3. The first-order valence-electron chi connectivity index (χ1n) is 7.14. The quantitative estimate of drug-likeness (QED) is 0.857. The molecule has 100 valence electrons. The summed E-state index contributed by atoms with van der Waals surface area (Å²) in [6.45, 7) is 6.29. The van der Waals surface area contributed by atoms with Crippen LogP contribution in [0.2, 0.25) is 0 Å². The number of benzene rings is 1. The van der Waals surface area contributed by atoms with Crippen molar-refractivity contribution in [3.05, 3.63) is 34.9 Å². The van der Waals surface area contributed by atoms with Crippen LogP contribution in [0.15, 0.2) is 18.2 Å². The van der Waals surface area contributed by atoms with E-state index in [-0.39, 0.29) is 6.04 Å². The fourth-order valence-electron chi connectivity index (χ4n) is 2.97. The number of hydrogen-bond donors (Lipinski definition) is 2. The molecule has 0 aliphatic heterocycles. The Morgan fingerprint density at radius 1 is 1.11 bits per heavy atom. The lowest BCUT2D eigenvalue weighted by Crippen LogP contribution is -2.37. The second kappa shape index (κ2) is 5.85. The number of aliphatic hydroxyl groups excluding tert-OH is 1. The third kappa shape index (κ3) is 2.93. The Labute approximate surface area is 110 Å². The average molecular weight is 247 g/mol. The highest BCUT2D eigenvalue weighted by Crippen LogP contribution is 2.29. The summed E-state index contributed by atoms with van der Waals surface area (Å²) in [6, 6.07) is 6.89. The first-order chi connectivity index (χ1) is 8.59. The van der Waals surface area contributed by atoms with Crippen LogP contribution in [-0.4, -0.2) is 17.2 Å². The van der Waals surface area contributed by atoms with Crippen LogP contribution in [0.5, 0.6) is 0 Å². The summed E-state index contributed by atoms with van der Waals surface area (Å²) in [4.78, 5) is 0. The molecule has 2 heteroatoms. The van der Waals surface area contributed by atoms with E-state index in [1.165, 1.54) is 30.4 Å². The molecule has 0 aromatic heterocycles. The van der Waals surface area contributed by atoms with Crippen LogP contribution in [0.25, 0.3) is 0 Å². The SMILES string of the molecule is CC(C)N[C@H](C)[C@@H](O)c1cccc2c1CCCC2. The Balaban J connectivity index is 2.22. The molecule has 2 rings (SSSR count). The van der Waals surface area contributed by atoms with E-state index >= 15 is 0 Å². The smallest absolute Gasteiger partial charge is 0.0943 e. The van der Waals surface area contributed by atoms with Crippen LogP contribution in [0.3, 0.4) is 0 Å². The minimum absolute atomic E-state index is 0.0958. The number of fused-ring (bicyclic) bond motifs is 1. The maximum absolute atomic E-state index is 10.5. The van der Waals surface area contributed by atoms with Crippen molar-refractivity contribution in [3.8, 4) is 0 Å². The van der Waals surface area contributed by atoms with Crippen molar-refractivity contribution in [1.82, 2.24) is 5.32 Å². The number of aryl methyl sites for hydroxylation is 1. The summed E-state index contributed by atoms with van der Waals surface area (Å²) in [5.74, 6) is 0. The second-order valence-electron chi connectivity index (χ2n) is 5.75. The lowest BCUT2D eigenvalue weighted by Gasteiger charge is -2.27. The van der Waals surface area contributed by atoms with Gasteiger partial charge in [-0.1, -0.05) is 32.0 Å². The summed E-state index contributed by atoms with van der Waals surface area (Å²) in [7, 11) is 0. The molecule has 2 atom stereocenters. The molecular weight excluding hydrogens is 222 g/mol. The van der Waals surface area contributed by atoms with Gasteiger partial charge >= 0.3 is 0 Å². The van der Waals surface area contributed by atoms with Gasteiger partial charge in [0.1, 0.15) is 0 Å². The van der Waals surface area contributed by atoms with Crippen molar-refractivity contribution >= 4 is 0 Å². The Hall–Kier alpha value is -0.860. The number of aliphatic hydroxyl groups is 1. The molecule has 0 fully saturated rings. The fraction of sp³-hybridized carbons (Fsp3) is 0.625. The molecular formula is C16H25NO. The third-order valence-electron chi connectivity index (χ3n) is 3.82. The summed E-state index contributed by atoms with van der Waals surface area (Å²) in [5, 5.41) is 13.9. The van der Waals surface area contributed by atoms with Crippen molar-refractivity contribution in [3.63, 3.8) is 0 Å². The van der Waals surface area contributed by atoms with E-state index in [0.29, 0.717) is 6.04 Å². The van der Waals surface area contributed by atoms with Crippen molar-refractivity contribution < 1.29 is 5.11 Å². The summed E-state index contributed by atoms with van der Waals surface area (Å²) in [5.41, 5.74) is 3.97. The highest BCUT2D eigenvalue weighted by molar-refractivity contribution is 5.38. The van der Waals surface area contributed by atoms with Gasteiger partial charge in [0.25, 0.3) is 0 Å². The number of hydrogen-bond acceptors (Lipinski definition) is 2.